The monoisotopic (exact) mass is 363 g/mol. The third kappa shape index (κ3) is 6.26. The molecule has 0 aliphatic rings. The second kappa shape index (κ2) is 9.42. The summed E-state index contributed by atoms with van der Waals surface area (Å²) in [6.07, 6.45) is 2.44. The number of amides is 1. The molecule has 0 fully saturated rings. The third-order valence-corrected chi connectivity index (χ3v) is 3.73. The van der Waals surface area contributed by atoms with Crippen molar-refractivity contribution in [1.82, 2.24) is 20.6 Å². The van der Waals surface area contributed by atoms with Crippen LogP contribution in [0.2, 0.25) is 0 Å². The van der Waals surface area contributed by atoms with Gasteiger partial charge >= 0.3 is 5.69 Å². The van der Waals surface area contributed by atoms with Crippen LogP contribution in [-0.2, 0) is 4.79 Å². The molecule has 1 amide bonds. The van der Waals surface area contributed by atoms with Gasteiger partial charge in [-0.25, -0.2) is 15.3 Å². The number of H-pyrrole nitrogens is 2. The van der Waals surface area contributed by atoms with Gasteiger partial charge in [0, 0.05) is 0 Å². The van der Waals surface area contributed by atoms with Gasteiger partial charge in [-0.2, -0.15) is 10.2 Å². The van der Waals surface area contributed by atoms with Crippen molar-refractivity contribution < 1.29 is 9.53 Å². The molecule has 1 heterocycles. The lowest BCUT2D eigenvalue weighted by atomic mass is 10.2. The molecule has 0 aliphatic heterocycles. The molecule has 0 unspecified atom stereocenters. The highest BCUT2D eigenvalue weighted by molar-refractivity contribution is 7.99. The van der Waals surface area contributed by atoms with E-state index in [0.29, 0.717) is 6.61 Å². The first-order valence-electron chi connectivity index (χ1n) is 7.45. The molecule has 0 saturated carbocycles. The Morgan fingerprint density at radius 3 is 2.80 bits per heavy atom. The van der Waals surface area contributed by atoms with Crippen molar-refractivity contribution in [3.8, 4) is 5.75 Å². The number of aromatic amines is 2. The predicted octanol–water partition coefficient (Wildman–Crippen LogP) is 0.489. The molecule has 0 spiro atoms. The van der Waals surface area contributed by atoms with Crippen molar-refractivity contribution in [1.29, 1.82) is 0 Å². The molecular formula is C15H17N5O4S. The number of benzene rings is 1. The van der Waals surface area contributed by atoms with Crippen LogP contribution in [-0.4, -0.2) is 39.7 Å². The van der Waals surface area contributed by atoms with E-state index in [1.54, 1.807) is 0 Å². The topological polar surface area (TPSA) is 129 Å². The normalized spacial score (nSPS) is 10.8. The lowest BCUT2D eigenvalue weighted by molar-refractivity contribution is -0.118. The van der Waals surface area contributed by atoms with Gasteiger partial charge in [0.2, 0.25) is 5.91 Å². The van der Waals surface area contributed by atoms with E-state index < -0.39 is 17.2 Å². The summed E-state index contributed by atoms with van der Waals surface area (Å²) in [5, 5.41) is 9.49. The number of carbonyl (C=O) groups excluding carboxylic acids is 1. The number of carbonyl (C=O) groups is 1. The number of hydrogen-bond donors (Lipinski definition) is 3. The van der Waals surface area contributed by atoms with E-state index in [2.05, 4.69) is 20.7 Å². The zero-order valence-corrected chi connectivity index (χ0v) is 14.3. The fourth-order valence-corrected chi connectivity index (χ4v) is 2.27. The van der Waals surface area contributed by atoms with Crippen molar-refractivity contribution in [3.05, 3.63) is 50.7 Å². The molecule has 2 aromatic rings. The minimum atomic E-state index is -0.700. The van der Waals surface area contributed by atoms with Crippen LogP contribution in [0.25, 0.3) is 0 Å². The molecule has 25 heavy (non-hydrogen) atoms. The highest BCUT2D eigenvalue weighted by Crippen LogP contribution is 2.11. The van der Waals surface area contributed by atoms with E-state index in [1.165, 1.54) is 6.21 Å². The molecule has 0 saturated heterocycles. The number of ether oxygens (including phenoxy) is 1. The van der Waals surface area contributed by atoms with Crippen LogP contribution in [0.4, 0.5) is 0 Å². The lowest BCUT2D eigenvalue weighted by Crippen LogP contribution is -2.26. The van der Waals surface area contributed by atoms with Crippen molar-refractivity contribution in [2.45, 2.75) is 18.4 Å². The van der Waals surface area contributed by atoms with Gasteiger partial charge < -0.3 is 4.74 Å². The predicted molar refractivity (Wildman–Crippen MR) is 94.2 cm³/mol. The van der Waals surface area contributed by atoms with Gasteiger partial charge in [-0.15, -0.1) is 0 Å². The van der Waals surface area contributed by atoms with Crippen LogP contribution in [0, 0.1) is 0 Å². The molecule has 0 bridgehead atoms. The number of thioether (sulfide) groups is 1. The molecule has 0 radical (unpaired) electrons. The summed E-state index contributed by atoms with van der Waals surface area (Å²) in [5.41, 5.74) is 1.81. The van der Waals surface area contributed by atoms with E-state index in [4.69, 9.17) is 4.74 Å². The summed E-state index contributed by atoms with van der Waals surface area (Å²) in [4.78, 5) is 36.0. The van der Waals surface area contributed by atoms with Gasteiger partial charge in [-0.1, -0.05) is 18.7 Å². The molecule has 0 atom stereocenters. The van der Waals surface area contributed by atoms with Crippen molar-refractivity contribution in [2.24, 2.45) is 5.10 Å². The molecule has 2 rings (SSSR count). The Kier molecular flexibility index (Phi) is 6.96. The molecule has 1 aromatic carbocycles. The van der Waals surface area contributed by atoms with Gasteiger partial charge in [-0.3, -0.25) is 14.6 Å². The largest absolute Gasteiger partial charge is 0.494 e. The summed E-state index contributed by atoms with van der Waals surface area (Å²) in [5.74, 6) is 0.304. The smallest absolute Gasteiger partial charge is 0.342 e. The van der Waals surface area contributed by atoms with Gasteiger partial charge in [0.25, 0.3) is 5.56 Å². The van der Waals surface area contributed by atoms with Crippen LogP contribution in [0.3, 0.4) is 0 Å². The summed E-state index contributed by atoms with van der Waals surface area (Å²) in [6, 6.07) is 7.28. The van der Waals surface area contributed by atoms with Gasteiger partial charge in [-0.05, 0) is 36.2 Å². The van der Waals surface area contributed by atoms with Crippen LogP contribution in [0.5, 0.6) is 5.75 Å². The van der Waals surface area contributed by atoms with E-state index in [9.17, 15) is 14.4 Å². The minimum Gasteiger partial charge on any atom is -0.494 e. The van der Waals surface area contributed by atoms with Gasteiger partial charge in [0.15, 0.2) is 5.03 Å². The first kappa shape index (κ1) is 18.5. The molecular weight excluding hydrogens is 346 g/mol. The van der Waals surface area contributed by atoms with Crippen molar-refractivity contribution in [3.63, 3.8) is 0 Å². The third-order valence-electron chi connectivity index (χ3n) is 2.78. The molecule has 1 aromatic heterocycles. The van der Waals surface area contributed by atoms with Crippen LogP contribution < -0.4 is 21.4 Å². The second-order valence-corrected chi connectivity index (χ2v) is 5.78. The van der Waals surface area contributed by atoms with Crippen molar-refractivity contribution in [2.75, 3.05) is 12.4 Å². The Morgan fingerprint density at radius 2 is 2.12 bits per heavy atom. The molecule has 9 nitrogen and oxygen atoms in total. The first-order chi connectivity index (χ1) is 12.1. The van der Waals surface area contributed by atoms with E-state index in [-0.39, 0.29) is 10.8 Å². The number of hydrogen-bond acceptors (Lipinski definition) is 7. The maximum absolute atomic E-state index is 11.7. The number of nitrogens with zero attached hydrogens (tertiary/aromatic N) is 2. The summed E-state index contributed by atoms with van der Waals surface area (Å²) >= 11 is 0.892. The van der Waals surface area contributed by atoms with Crippen LogP contribution in [0.15, 0.2) is 44.0 Å². The quantitative estimate of drug-likeness (QED) is 0.356. The zero-order valence-electron chi connectivity index (χ0n) is 13.4. The molecule has 10 heteroatoms. The Morgan fingerprint density at radius 1 is 1.36 bits per heavy atom. The van der Waals surface area contributed by atoms with E-state index >= 15 is 0 Å². The molecule has 0 aliphatic carbocycles. The maximum atomic E-state index is 11.7. The molecule has 132 valence electrons. The Bertz CT molecular complexity index is 844. The molecule has 3 N–H and O–H groups in total. The number of hydrazone groups is 1. The average molecular weight is 363 g/mol. The maximum Gasteiger partial charge on any atom is 0.342 e. The average Bonchev–Trinajstić information content (AvgIpc) is 2.60. The fraction of sp³-hybridized carbons (Fsp3) is 0.267. The Labute approximate surface area is 146 Å². The highest BCUT2D eigenvalue weighted by atomic mass is 32.2. The minimum absolute atomic E-state index is 0.00129. The van der Waals surface area contributed by atoms with Crippen LogP contribution in [0.1, 0.15) is 18.9 Å². The van der Waals surface area contributed by atoms with E-state index in [0.717, 1.165) is 29.5 Å². The Hall–Kier alpha value is -2.88. The summed E-state index contributed by atoms with van der Waals surface area (Å²) in [7, 11) is 0. The highest BCUT2D eigenvalue weighted by Gasteiger charge is 2.07. The van der Waals surface area contributed by atoms with Crippen molar-refractivity contribution >= 4 is 23.9 Å². The lowest BCUT2D eigenvalue weighted by Gasteiger charge is -2.03. The number of nitrogens with one attached hydrogen (secondary N) is 3. The first-order valence-corrected chi connectivity index (χ1v) is 8.43. The number of aromatic nitrogens is 3. The summed E-state index contributed by atoms with van der Waals surface area (Å²) in [6.45, 7) is 2.69. The standard InChI is InChI=1S/C15H17N5O4S/c1-2-7-24-11-5-3-10(4-6-11)8-16-18-12(21)9-25-14-13(22)17-15(23)20-19-14/h3-6,8H,2,7,9H2,1H3,(H,18,21)(H2,17,20,22,23)/b16-8+. The number of rotatable bonds is 8. The fourth-order valence-electron chi connectivity index (χ4n) is 1.65. The van der Waals surface area contributed by atoms with Crippen LogP contribution >= 0.6 is 11.8 Å². The summed E-state index contributed by atoms with van der Waals surface area (Å²) < 4.78 is 5.47. The SMILES string of the molecule is CCCOc1ccc(/C=N/NC(=O)CSc2n[nH]c(=O)[nH]c2=O)cc1. The van der Waals surface area contributed by atoms with Gasteiger partial charge in [0.05, 0.1) is 18.6 Å². The second-order valence-electron chi connectivity index (χ2n) is 4.81. The van der Waals surface area contributed by atoms with E-state index in [1.807, 2.05) is 36.2 Å². The Balaban J connectivity index is 1.80. The van der Waals surface area contributed by atoms with Gasteiger partial charge in [0.1, 0.15) is 5.75 Å². The zero-order chi connectivity index (χ0) is 18.1.